The van der Waals surface area contributed by atoms with Gasteiger partial charge >= 0.3 is 0 Å². The molecule has 0 atom stereocenters. The van der Waals surface area contributed by atoms with E-state index in [0.717, 1.165) is 25.1 Å². The minimum Gasteiger partial charge on any atom is -0.385 e. The van der Waals surface area contributed by atoms with Crippen LogP contribution in [0.4, 0.5) is 11.4 Å². The molecule has 1 amide bonds. The van der Waals surface area contributed by atoms with Crippen molar-refractivity contribution in [2.45, 2.75) is 12.8 Å². The van der Waals surface area contributed by atoms with Crippen molar-refractivity contribution in [3.05, 3.63) is 59.7 Å². The Hall–Kier alpha value is -2.33. The number of carbonyl (C=O) groups is 2. The molecule has 0 aliphatic carbocycles. The highest BCUT2D eigenvalue weighted by atomic mass is 35.5. The summed E-state index contributed by atoms with van der Waals surface area (Å²) in [5.74, 6) is -1.01. The topological polar surface area (TPSA) is 58.2 Å². The fourth-order valence-corrected chi connectivity index (χ4v) is 2.42. The number of ketones is 1. The average molecular weight is 317 g/mol. The van der Waals surface area contributed by atoms with Crippen LogP contribution in [0.5, 0.6) is 0 Å². The lowest BCUT2D eigenvalue weighted by Crippen LogP contribution is -2.12. The summed E-state index contributed by atoms with van der Waals surface area (Å²) >= 11 is 0. The van der Waals surface area contributed by atoms with E-state index in [0.29, 0.717) is 11.3 Å². The third-order valence-electron chi connectivity index (χ3n) is 3.53. The van der Waals surface area contributed by atoms with Crippen molar-refractivity contribution in [1.29, 1.82) is 0 Å². The van der Waals surface area contributed by atoms with Crippen LogP contribution in [0.25, 0.3) is 0 Å². The maximum atomic E-state index is 11.6. The Labute approximate surface area is 135 Å². The third kappa shape index (κ3) is 3.46. The molecule has 5 heteroatoms. The average Bonchev–Trinajstić information content (AvgIpc) is 2.80. The smallest absolute Gasteiger partial charge is 0.296 e. The van der Waals surface area contributed by atoms with E-state index in [1.807, 2.05) is 24.3 Å². The van der Waals surface area contributed by atoms with Crippen LogP contribution in [0.3, 0.4) is 0 Å². The molecule has 0 unspecified atom stereocenters. The van der Waals surface area contributed by atoms with E-state index >= 15 is 0 Å². The fourth-order valence-electron chi connectivity index (χ4n) is 2.42. The number of amides is 1. The summed E-state index contributed by atoms with van der Waals surface area (Å²) in [5, 5.41) is 5.84. The summed E-state index contributed by atoms with van der Waals surface area (Å²) in [6.07, 6.45) is 2.02. The molecule has 1 heterocycles. The van der Waals surface area contributed by atoms with Crippen molar-refractivity contribution >= 4 is 35.5 Å². The quantitative estimate of drug-likeness (QED) is 0.657. The lowest BCUT2D eigenvalue weighted by molar-refractivity contribution is -0.112. The molecule has 2 aromatic rings. The molecule has 2 N–H and O–H groups in total. The van der Waals surface area contributed by atoms with Crippen LogP contribution >= 0.6 is 12.4 Å². The zero-order valence-corrected chi connectivity index (χ0v) is 12.8. The van der Waals surface area contributed by atoms with E-state index in [9.17, 15) is 9.59 Å². The zero-order valence-electron chi connectivity index (χ0n) is 12.0. The number of fused-ring (bicyclic) bond motifs is 1. The van der Waals surface area contributed by atoms with E-state index in [4.69, 9.17) is 0 Å². The summed E-state index contributed by atoms with van der Waals surface area (Å²) in [6.45, 7) is 0.823. The molecule has 0 bridgehead atoms. The van der Waals surface area contributed by atoms with Gasteiger partial charge < -0.3 is 10.6 Å². The van der Waals surface area contributed by atoms with Gasteiger partial charge in [-0.05, 0) is 36.6 Å². The molecule has 2 aromatic carbocycles. The summed E-state index contributed by atoms with van der Waals surface area (Å²) in [6, 6.07) is 15.7. The number of nitrogens with one attached hydrogen (secondary N) is 2. The van der Waals surface area contributed by atoms with Gasteiger partial charge in [-0.1, -0.05) is 30.3 Å². The van der Waals surface area contributed by atoms with E-state index < -0.39 is 11.7 Å². The molecule has 4 nitrogen and oxygen atoms in total. The molecule has 0 fully saturated rings. The highest BCUT2D eigenvalue weighted by Crippen LogP contribution is 2.26. The number of anilines is 2. The highest BCUT2D eigenvalue weighted by molar-refractivity contribution is 6.51. The lowest BCUT2D eigenvalue weighted by Gasteiger charge is -2.07. The Kier molecular flexibility index (Phi) is 5.17. The van der Waals surface area contributed by atoms with E-state index in [1.54, 1.807) is 12.1 Å². The lowest BCUT2D eigenvalue weighted by atomic mass is 10.1. The first-order chi connectivity index (χ1) is 10.2. The molecular weight excluding hydrogens is 300 g/mol. The maximum Gasteiger partial charge on any atom is 0.296 e. The van der Waals surface area contributed by atoms with Crippen LogP contribution in [0.2, 0.25) is 0 Å². The van der Waals surface area contributed by atoms with Gasteiger partial charge in [0.1, 0.15) is 0 Å². The van der Waals surface area contributed by atoms with Crippen molar-refractivity contribution in [2.75, 3.05) is 17.2 Å². The van der Waals surface area contributed by atoms with Gasteiger partial charge in [-0.25, -0.2) is 0 Å². The minimum absolute atomic E-state index is 0. The molecular formula is C17H17ClN2O2. The zero-order chi connectivity index (χ0) is 14.7. The summed E-state index contributed by atoms with van der Waals surface area (Å²) in [5.41, 5.74) is 3.23. The molecule has 0 aromatic heterocycles. The molecule has 1 aliphatic heterocycles. The second-order valence-corrected chi connectivity index (χ2v) is 5.06. The van der Waals surface area contributed by atoms with Gasteiger partial charge in [-0.2, -0.15) is 0 Å². The van der Waals surface area contributed by atoms with Crippen LogP contribution in [0.15, 0.2) is 48.5 Å². The number of halogens is 1. The minimum atomic E-state index is -0.550. The van der Waals surface area contributed by atoms with Crippen molar-refractivity contribution in [2.24, 2.45) is 0 Å². The number of hydrogen-bond donors (Lipinski definition) is 2. The Morgan fingerprint density at radius 3 is 2.55 bits per heavy atom. The Bertz CT molecular complexity index is 686. The van der Waals surface area contributed by atoms with Gasteiger partial charge in [0.15, 0.2) is 0 Å². The number of benzene rings is 2. The molecule has 0 saturated carbocycles. The molecule has 22 heavy (non-hydrogen) atoms. The molecule has 3 rings (SSSR count). The molecule has 0 saturated heterocycles. The molecule has 0 spiro atoms. The maximum absolute atomic E-state index is 11.6. The van der Waals surface area contributed by atoms with Crippen molar-refractivity contribution in [1.82, 2.24) is 0 Å². The van der Waals surface area contributed by atoms with Crippen LogP contribution in [0, 0.1) is 0 Å². The Morgan fingerprint density at radius 2 is 1.77 bits per heavy atom. The SMILES string of the molecule is Cl.O=C1Nc2ccc(NCCCc3ccccc3)cc2C1=O. The van der Waals surface area contributed by atoms with Crippen LogP contribution in [-0.2, 0) is 11.2 Å². The predicted octanol–water partition coefficient (Wildman–Crippen LogP) is 3.29. The van der Waals surface area contributed by atoms with Gasteiger partial charge in [0.25, 0.3) is 11.7 Å². The van der Waals surface area contributed by atoms with Crippen LogP contribution in [-0.4, -0.2) is 18.2 Å². The van der Waals surface area contributed by atoms with E-state index in [2.05, 4.69) is 22.8 Å². The second-order valence-electron chi connectivity index (χ2n) is 5.06. The molecule has 1 aliphatic rings. The standard InChI is InChI=1S/C17H16N2O2.ClH/c20-16-14-11-13(8-9-15(14)19-17(16)21)18-10-4-7-12-5-2-1-3-6-12;/h1-3,5-6,8-9,11,18H,4,7,10H2,(H,19,20,21);1H. The van der Waals surface area contributed by atoms with E-state index in [1.165, 1.54) is 5.56 Å². The van der Waals surface area contributed by atoms with Crippen molar-refractivity contribution < 1.29 is 9.59 Å². The van der Waals surface area contributed by atoms with Gasteiger partial charge in [-0.3, -0.25) is 9.59 Å². The van der Waals surface area contributed by atoms with Crippen LogP contribution < -0.4 is 10.6 Å². The van der Waals surface area contributed by atoms with Crippen LogP contribution in [0.1, 0.15) is 22.3 Å². The highest BCUT2D eigenvalue weighted by Gasteiger charge is 2.27. The van der Waals surface area contributed by atoms with Crippen molar-refractivity contribution in [3.63, 3.8) is 0 Å². The van der Waals surface area contributed by atoms with E-state index in [-0.39, 0.29) is 12.4 Å². The first kappa shape index (κ1) is 16.0. The summed E-state index contributed by atoms with van der Waals surface area (Å²) < 4.78 is 0. The number of hydrogen-bond acceptors (Lipinski definition) is 3. The molecule has 114 valence electrons. The van der Waals surface area contributed by atoms with Gasteiger partial charge in [-0.15, -0.1) is 12.4 Å². The monoisotopic (exact) mass is 316 g/mol. The van der Waals surface area contributed by atoms with Gasteiger partial charge in [0.2, 0.25) is 0 Å². The first-order valence-electron chi connectivity index (χ1n) is 7.01. The largest absolute Gasteiger partial charge is 0.385 e. The summed E-state index contributed by atoms with van der Waals surface area (Å²) in [7, 11) is 0. The van der Waals surface area contributed by atoms with Gasteiger partial charge in [0.05, 0.1) is 11.3 Å². The number of rotatable bonds is 5. The van der Waals surface area contributed by atoms with Crippen molar-refractivity contribution in [3.8, 4) is 0 Å². The number of Topliss-reactive ketones (excluding diaryl/α,β-unsaturated/α-hetero) is 1. The van der Waals surface area contributed by atoms with Gasteiger partial charge in [0, 0.05) is 12.2 Å². The number of aryl methyl sites for hydroxylation is 1. The predicted molar refractivity (Wildman–Crippen MR) is 89.9 cm³/mol. The normalized spacial score (nSPS) is 12.4. The number of carbonyl (C=O) groups excluding carboxylic acids is 2. The third-order valence-corrected chi connectivity index (χ3v) is 3.53. The second kappa shape index (κ2) is 7.09. The Balaban J connectivity index is 0.00000176. The fraction of sp³-hybridized carbons (Fsp3) is 0.176. The Morgan fingerprint density at radius 1 is 1.00 bits per heavy atom. The summed E-state index contributed by atoms with van der Waals surface area (Å²) in [4.78, 5) is 22.9. The molecule has 0 radical (unpaired) electrons. The first-order valence-corrected chi connectivity index (χ1v) is 7.01.